The molecule has 0 aromatic carbocycles. The van der Waals surface area contributed by atoms with E-state index in [9.17, 15) is 5.11 Å². The fourth-order valence-corrected chi connectivity index (χ4v) is 2.76. The van der Waals surface area contributed by atoms with Crippen molar-refractivity contribution < 1.29 is 5.11 Å². The zero-order valence-corrected chi connectivity index (χ0v) is 12.9. The van der Waals surface area contributed by atoms with E-state index in [4.69, 9.17) is 0 Å². The van der Waals surface area contributed by atoms with Gasteiger partial charge in [0.15, 0.2) is 0 Å². The summed E-state index contributed by atoms with van der Waals surface area (Å²) in [6.07, 6.45) is 3.56. The van der Waals surface area contributed by atoms with Gasteiger partial charge < -0.3 is 15.3 Å². The van der Waals surface area contributed by atoms with Crippen molar-refractivity contribution in [2.45, 2.75) is 71.5 Å². The van der Waals surface area contributed by atoms with Crippen molar-refractivity contribution >= 4 is 0 Å². The quantitative estimate of drug-likeness (QED) is 0.664. The molecule has 1 saturated carbocycles. The first-order chi connectivity index (χ1) is 8.40. The fourth-order valence-electron chi connectivity index (χ4n) is 2.76. The van der Waals surface area contributed by atoms with E-state index in [1.807, 2.05) is 0 Å². The SMILES string of the molecule is CCN(CC(C)C)C(C)CC(C)(CO)NC1CC1. The topological polar surface area (TPSA) is 35.5 Å². The Bertz CT molecular complexity index is 241. The first-order valence-corrected chi connectivity index (χ1v) is 7.52. The molecule has 1 fully saturated rings. The average Bonchev–Trinajstić information content (AvgIpc) is 3.09. The Balaban J connectivity index is 2.49. The van der Waals surface area contributed by atoms with Gasteiger partial charge in [0.1, 0.15) is 0 Å². The van der Waals surface area contributed by atoms with Crippen LogP contribution in [-0.2, 0) is 0 Å². The zero-order valence-electron chi connectivity index (χ0n) is 12.9. The van der Waals surface area contributed by atoms with E-state index in [0.717, 1.165) is 19.5 Å². The maximum Gasteiger partial charge on any atom is 0.0611 e. The van der Waals surface area contributed by atoms with Crippen LogP contribution in [0.25, 0.3) is 0 Å². The number of nitrogens with one attached hydrogen (secondary N) is 1. The molecule has 2 N–H and O–H groups in total. The minimum Gasteiger partial charge on any atom is -0.394 e. The van der Waals surface area contributed by atoms with Gasteiger partial charge in [-0.1, -0.05) is 20.8 Å². The second-order valence-electron chi connectivity index (χ2n) is 6.67. The van der Waals surface area contributed by atoms with Crippen LogP contribution in [0.5, 0.6) is 0 Å². The van der Waals surface area contributed by atoms with Crippen LogP contribution in [0.4, 0.5) is 0 Å². The minimum atomic E-state index is -0.120. The summed E-state index contributed by atoms with van der Waals surface area (Å²) in [4.78, 5) is 2.52. The molecule has 0 saturated heterocycles. The fraction of sp³-hybridized carbons (Fsp3) is 1.00. The Hall–Kier alpha value is -0.120. The lowest BCUT2D eigenvalue weighted by Crippen LogP contribution is -2.51. The first-order valence-electron chi connectivity index (χ1n) is 7.52. The molecule has 0 heterocycles. The third kappa shape index (κ3) is 5.25. The lowest BCUT2D eigenvalue weighted by molar-refractivity contribution is 0.109. The second-order valence-corrected chi connectivity index (χ2v) is 6.67. The monoisotopic (exact) mass is 256 g/mol. The molecule has 0 amide bonds. The number of aliphatic hydroxyl groups is 1. The van der Waals surface area contributed by atoms with Crippen molar-refractivity contribution in [3.63, 3.8) is 0 Å². The predicted molar refractivity (Wildman–Crippen MR) is 77.8 cm³/mol. The van der Waals surface area contributed by atoms with Crippen LogP contribution in [0.1, 0.15) is 53.9 Å². The van der Waals surface area contributed by atoms with Crippen molar-refractivity contribution in [3.8, 4) is 0 Å². The van der Waals surface area contributed by atoms with Gasteiger partial charge in [-0.15, -0.1) is 0 Å². The third-order valence-corrected chi connectivity index (χ3v) is 3.85. The Kier molecular flexibility index (Phi) is 6.09. The van der Waals surface area contributed by atoms with E-state index in [-0.39, 0.29) is 12.1 Å². The van der Waals surface area contributed by atoms with E-state index in [0.29, 0.717) is 18.0 Å². The standard InChI is InChI=1S/C15H32N2O/c1-6-17(10-12(2)3)13(4)9-15(5,11-18)16-14-7-8-14/h12-14,16,18H,6-11H2,1-5H3. The summed E-state index contributed by atoms with van der Waals surface area (Å²) < 4.78 is 0. The number of hydrogen-bond donors (Lipinski definition) is 2. The Morgan fingerprint density at radius 2 is 1.94 bits per heavy atom. The number of hydrogen-bond acceptors (Lipinski definition) is 3. The molecule has 108 valence electrons. The van der Waals surface area contributed by atoms with Crippen molar-refractivity contribution in [1.82, 2.24) is 10.2 Å². The lowest BCUT2D eigenvalue weighted by atomic mass is 9.93. The van der Waals surface area contributed by atoms with Gasteiger partial charge in [0.25, 0.3) is 0 Å². The van der Waals surface area contributed by atoms with Gasteiger partial charge in [0, 0.05) is 24.2 Å². The highest BCUT2D eigenvalue weighted by Gasteiger charge is 2.34. The molecule has 1 rings (SSSR count). The molecule has 2 atom stereocenters. The molecule has 3 nitrogen and oxygen atoms in total. The van der Waals surface area contributed by atoms with E-state index >= 15 is 0 Å². The van der Waals surface area contributed by atoms with Crippen LogP contribution in [0, 0.1) is 5.92 Å². The maximum atomic E-state index is 9.67. The molecular formula is C15H32N2O. The highest BCUT2D eigenvalue weighted by atomic mass is 16.3. The molecule has 2 unspecified atom stereocenters. The smallest absolute Gasteiger partial charge is 0.0611 e. The summed E-state index contributed by atoms with van der Waals surface area (Å²) in [6.45, 7) is 13.7. The van der Waals surface area contributed by atoms with Crippen LogP contribution in [0.15, 0.2) is 0 Å². The van der Waals surface area contributed by atoms with Crippen LogP contribution in [-0.4, -0.2) is 47.3 Å². The van der Waals surface area contributed by atoms with Crippen LogP contribution in [0.2, 0.25) is 0 Å². The van der Waals surface area contributed by atoms with Crippen LogP contribution < -0.4 is 5.32 Å². The molecule has 0 bridgehead atoms. The lowest BCUT2D eigenvalue weighted by Gasteiger charge is -2.37. The van der Waals surface area contributed by atoms with Crippen molar-refractivity contribution in [3.05, 3.63) is 0 Å². The molecule has 1 aliphatic rings. The Morgan fingerprint density at radius 1 is 1.33 bits per heavy atom. The zero-order chi connectivity index (χ0) is 13.8. The highest BCUT2D eigenvalue weighted by Crippen LogP contribution is 2.25. The summed E-state index contributed by atoms with van der Waals surface area (Å²) in [6, 6.07) is 1.16. The predicted octanol–water partition coefficient (Wildman–Crippen LogP) is 2.25. The van der Waals surface area contributed by atoms with E-state index < -0.39 is 0 Å². The molecule has 18 heavy (non-hydrogen) atoms. The molecule has 0 radical (unpaired) electrons. The summed E-state index contributed by atoms with van der Waals surface area (Å²) in [5, 5.41) is 13.3. The summed E-state index contributed by atoms with van der Waals surface area (Å²) in [5.41, 5.74) is -0.120. The Labute approximate surface area is 113 Å². The van der Waals surface area contributed by atoms with E-state index in [1.54, 1.807) is 0 Å². The number of aliphatic hydroxyl groups excluding tert-OH is 1. The van der Waals surface area contributed by atoms with E-state index in [1.165, 1.54) is 12.8 Å². The van der Waals surface area contributed by atoms with Crippen molar-refractivity contribution in [2.75, 3.05) is 19.7 Å². The van der Waals surface area contributed by atoms with Gasteiger partial charge in [0.05, 0.1) is 6.61 Å². The summed E-state index contributed by atoms with van der Waals surface area (Å²) in [7, 11) is 0. The minimum absolute atomic E-state index is 0.120. The largest absolute Gasteiger partial charge is 0.394 e. The molecule has 1 aliphatic carbocycles. The first kappa shape index (κ1) is 15.9. The van der Waals surface area contributed by atoms with E-state index in [2.05, 4.69) is 44.8 Å². The molecule has 0 spiro atoms. The van der Waals surface area contributed by atoms with Crippen LogP contribution in [0.3, 0.4) is 0 Å². The van der Waals surface area contributed by atoms with Gasteiger partial charge in [-0.25, -0.2) is 0 Å². The van der Waals surface area contributed by atoms with Crippen molar-refractivity contribution in [2.24, 2.45) is 5.92 Å². The van der Waals surface area contributed by atoms with Gasteiger partial charge in [0.2, 0.25) is 0 Å². The van der Waals surface area contributed by atoms with Gasteiger partial charge in [-0.3, -0.25) is 0 Å². The third-order valence-electron chi connectivity index (χ3n) is 3.85. The summed E-state index contributed by atoms with van der Waals surface area (Å²) in [5.74, 6) is 0.698. The van der Waals surface area contributed by atoms with Gasteiger partial charge in [-0.05, 0) is 45.6 Å². The average molecular weight is 256 g/mol. The maximum absolute atomic E-state index is 9.67. The molecule has 3 heteroatoms. The number of rotatable bonds is 9. The molecular weight excluding hydrogens is 224 g/mol. The molecule has 0 aliphatic heterocycles. The second kappa shape index (κ2) is 6.88. The molecule has 0 aromatic heterocycles. The van der Waals surface area contributed by atoms with Crippen molar-refractivity contribution in [1.29, 1.82) is 0 Å². The normalized spacial score (nSPS) is 21.3. The van der Waals surface area contributed by atoms with Crippen LogP contribution >= 0.6 is 0 Å². The van der Waals surface area contributed by atoms with Gasteiger partial charge in [-0.2, -0.15) is 0 Å². The van der Waals surface area contributed by atoms with Gasteiger partial charge >= 0.3 is 0 Å². The molecule has 0 aromatic rings. The highest BCUT2D eigenvalue weighted by molar-refractivity contribution is 4.94. The summed E-state index contributed by atoms with van der Waals surface area (Å²) >= 11 is 0. The number of nitrogens with zero attached hydrogens (tertiary/aromatic N) is 1. The Morgan fingerprint density at radius 3 is 2.33 bits per heavy atom.